The molecule has 9 heteroatoms. The Labute approximate surface area is 153 Å². The normalized spacial score (nSPS) is 24.2. The Kier molecular flexibility index (Phi) is 6.66. The molecule has 2 N–H and O–H groups in total. The number of carbonyl (C=O) groups is 1. The van der Waals surface area contributed by atoms with E-state index >= 15 is 0 Å². The summed E-state index contributed by atoms with van der Waals surface area (Å²) in [4.78, 5) is 11.9. The standard InChI is InChI=1S/C15H23N3O3S2.ClH/c1-11(19)16-8-6-14-4-5-15(22-14)23(20,21)18-9-7-12-2-3-13(10-18)17-12;/h4-5,12-13,17H,2-3,6-10H2,1H3,(H,16,19);1H. The van der Waals surface area contributed by atoms with Gasteiger partial charge in [-0.1, -0.05) is 0 Å². The fourth-order valence-corrected chi connectivity index (χ4v) is 6.26. The lowest BCUT2D eigenvalue weighted by Crippen LogP contribution is -2.38. The van der Waals surface area contributed by atoms with E-state index in [9.17, 15) is 13.2 Å². The molecule has 0 saturated carbocycles. The monoisotopic (exact) mass is 393 g/mol. The molecule has 2 aliphatic heterocycles. The molecule has 2 fully saturated rings. The zero-order chi connectivity index (χ0) is 16.4. The highest BCUT2D eigenvalue weighted by Gasteiger charge is 2.35. The molecule has 24 heavy (non-hydrogen) atoms. The number of amides is 1. The van der Waals surface area contributed by atoms with Gasteiger partial charge in [0, 0.05) is 43.5 Å². The Bertz CT molecular complexity index is 677. The van der Waals surface area contributed by atoms with Crippen molar-refractivity contribution in [3.63, 3.8) is 0 Å². The number of carbonyl (C=O) groups excluding carboxylic acids is 1. The summed E-state index contributed by atoms with van der Waals surface area (Å²) in [6.07, 6.45) is 3.76. The zero-order valence-corrected chi connectivity index (χ0v) is 16.1. The van der Waals surface area contributed by atoms with Gasteiger partial charge in [0.15, 0.2) is 0 Å². The highest BCUT2D eigenvalue weighted by Crippen LogP contribution is 2.29. The van der Waals surface area contributed by atoms with Crippen molar-refractivity contribution >= 4 is 39.7 Å². The van der Waals surface area contributed by atoms with Crippen molar-refractivity contribution in [3.05, 3.63) is 17.0 Å². The number of sulfonamides is 1. The summed E-state index contributed by atoms with van der Waals surface area (Å²) in [7, 11) is -3.40. The molecule has 0 aromatic carbocycles. The number of hydrogen-bond donors (Lipinski definition) is 2. The van der Waals surface area contributed by atoms with Gasteiger partial charge in [-0.05, 0) is 37.8 Å². The molecule has 1 aromatic rings. The minimum atomic E-state index is -3.40. The summed E-state index contributed by atoms with van der Waals surface area (Å²) in [5.41, 5.74) is 0. The second-order valence-electron chi connectivity index (χ2n) is 6.24. The average Bonchev–Trinajstić information content (AvgIpc) is 3.05. The number of thiophene rings is 1. The van der Waals surface area contributed by atoms with Crippen LogP contribution in [0.25, 0.3) is 0 Å². The van der Waals surface area contributed by atoms with Crippen LogP contribution in [0, 0.1) is 0 Å². The van der Waals surface area contributed by atoms with E-state index in [4.69, 9.17) is 0 Å². The first kappa shape index (κ1) is 19.7. The molecular weight excluding hydrogens is 370 g/mol. The van der Waals surface area contributed by atoms with Crippen molar-refractivity contribution in [1.82, 2.24) is 14.9 Å². The molecule has 1 amide bonds. The summed E-state index contributed by atoms with van der Waals surface area (Å²) in [6.45, 7) is 3.17. The molecule has 6 nitrogen and oxygen atoms in total. The number of rotatable bonds is 5. The Balaban J connectivity index is 0.00000208. The van der Waals surface area contributed by atoms with Crippen LogP contribution < -0.4 is 10.6 Å². The van der Waals surface area contributed by atoms with E-state index in [1.54, 1.807) is 10.4 Å². The minimum absolute atomic E-state index is 0. The molecule has 1 aromatic heterocycles. The molecule has 2 saturated heterocycles. The van der Waals surface area contributed by atoms with E-state index in [2.05, 4.69) is 10.6 Å². The molecular formula is C15H24ClN3O3S2. The van der Waals surface area contributed by atoms with Gasteiger partial charge in [-0.2, -0.15) is 4.31 Å². The first-order chi connectivity index (χ1) is 10.9. The molecule has 3 heterocycles. The van der Waals surface area contributed by atoms with Crippen LogP contribution in [0.4, 0.5) is 0 Å². The van der Waals surface area contributed by atoms with Gasteiger partial charge in [-0.15, -0.1) is 23.7 Å². The van der Waals surface area contributed by atoms with E-state index in [0.717, 1.165) is 24.1 Å². The molecule has 2 unspecified atom stereocenters. The molecule has 2 bridgehead atoms. The van der Waals surface area contributed by atoms with Crippen molar-refractivity contribution in [1.29, 1.82) is 0 Å². The fourth-order valence-electron chi connectivity index (χ4n) is 3.25. The van der Waals surface area contributed by atoms with E-state index in [0.29, 0.717) is 36.3 Å². The van der Waals surface area contributed by atoms with Gasteiger partial charge < -0.3 is 10.6 Å². The fraction of sp³-hybridized carbons (Fsp3) is 0.667. The Hall–Kier alpha value is -0.670. The Morgan fingerprint density at radius 2 is 2.08 bits per heavy atom. The van der Waals surface area contributed by atoms with Gasteiger partial charge in [0.1, 0.15) is 4.21 Å². The van der Waals surface area contributed by atoms with Crippen LogP contribution in [0.1, 0.15) is 31.1 Å². The largest absolute Gasteiger partial charge is 0.356 e. The number of nitrogens with one attached hydrogen (secondary N) is 2. The lowest BCUT2D eigenvalue weighted by atomic mass is 10.1. The maximum atomic E-state index is 12.9. The van der Waals surface area contributed by atoms with E-state index in [-0.39, 0.29) is 24.4 Å². The number of nitrogens with zero attached hydrogens (tertiary/aromatic N) is 1. The summed E-state index contributed by atoms with van der Waals surface area (Å²) >= 11 is 1.31. The summed E-state index contributed by atoms with van der Waals surface area (Å²) < 4.78 is 27.7. The average molecular weight is 394 g/mol. The van der Waals surface area contributed by atoms with Crippen LogP contribution in [0.15, 0.2) is 16.3 Å². The van der Waals surface area contributed by atoms with E-state index in [1.807, 2.05) is 6.07 Å². The van der Waals surface area contributed by atoms with Crippen LogP contribution >= 0.6 is 23.7 Å². The summed E-state index contributed by atoms with van der Waals surface area (Å²) in [6, 6.07) is 4.30. The van der Waals surface area contributed by atoms with Crippen molar-refractivity contribution in [2.24, 2.45) is 0 Å². The lowest BCUT2D eigenvalue weighted by Gasteiger charge is -2.22. The second kappa shape index (κ2) is 8.14. The van der Waals surface area contributed by atoms with Crippen LogP contribution in [0.2, 0.25) is 0 Å². The maximum Gasteiger partial charge on any atom is 0.252 e. The molecule has 3 rings (SSSR count). The summed E-state index contributed by atoms with van der Waals surface area (Å²) in [5.74, 6) is -0.0680. The van der Waals surface area contributed by atoms with Gasteiger partial charge in [-0.3, -0.25) is 4.79 Å². The topological polar surface area (TPSA) is 78.5 Å². The number of fused-ring (bicyclic) bond motifs is 2. The third kappa shape index (κ3) is 4.49. The van der Waals surface area contributed by atoms with Crippen LogP contribution in [-0.4, -0.2) is 50.3 Å². The molecule has 2 atom stereocenters. The van der Waals surface area contributed by atoms with Gasteiger partial charge in [0.2, 0.25) is 5.91 Å². The Morgan fingerprint density at radius 1 is 1.33 bits per heavy atom. The second-order valence-corrected chi connectivity index (χ2v) is 9.58. The number of halogens is 1. The van der Waals surface area contributed by atoms with Gasteiger partial charge in [-0.25, -0.2) is 8.42 Å². The third-order valence-electron chi connectivity index (χ3n) is 4.46. The van der Waals surface area contributed by atoms with Gasteiger partial charge >= 0.3 is 0 Å². The van der Waals surface area contributed by atoms with Gasteiger partial charge in [0.05, 0.1) is 0 Å². The van der Waals surface area contributed by atoms with E-state index < -0.39 is 10.0 Å². The maximum absolute atomic E-state index is 12.9. The quantitative estimate of drug-likeness (QED) is 0.791. The minimum Gasteiger partial charge on any atom is -0.356 e. The van der Waals surface area contributed by atoms with Crippen molar-refractivity contribution in [2.45, 2.75) is 48.9 Å². The van der Waals surface area contributed by atoms with Gasteiger partial charge in [0.25, 0.3) is 10.0 Å². The summed E-state index contributed by atoms with van der Waals surface area (Å²) in [5, 5.41) is 6.24. The van der Waals surface area contributed by atoms with E-state index in [1.165, 1.54) is 18.3 Å². The SMILES string of the molecule is CC(=O)NCCc1ccc(S(=O)(=O)N2CCC3CCC(C2)N3)s1.Cl. The smallest absolute Gasteiger partial charge is 0.252 e. The first-order valence-electron chi connectivity index (χ1n) is 8.04. The molecule has 0 spiro atoms. The number of hydrogen-bond acceptors (Lipinski definition) is 5. The highest BCUT2D eigenvalue weighted by molar-refractivity contribution is 7.91. The van der Waals surface area contributed by atoms with Crippen molar-refractivity contribution < 1.29 is 13.2 Å². The van der Waals surface area contributed by atoms with Crippen molar-refractivity contribution in [2.75, 3.05) is 19.6 Å². The molecule has 0 aliphatic carbocycles. The zero-order valence-electron chi connectivity index (χ0n) is 13.7. The first-order valence-corrected chi connectivity index (χ1v) is 10.3. The van der Waals surface area contributed by atoms with Crippen LogP contribution in [0.3, 0.4) is 0 Å². The van der Waals surface area contributed by atoms with Crippen LogP contribution in [0.5, 0.6) is 0 Å². The van der Waals surface area contributed by atoms with Crippen molar-refractivity contribution in [3.8, 4) is 0 Å². The molecule has 2 aliphatic rings. The molecule has 0 radical (unpaired) electrons. The predicted molar refractivity (Wildman–Crippen MR) is 97.3 cm³/mol. The predicted octanol–water partition coefficient (Wildman–Crippen LogP) is 1.36. The lowest BCUT2D eigenvalue weighted by molar-refractivity contribution is -0.118. The molecule has 136 valence electrons. The third-order valence-corrected chi connectivity index (χ3v) is 7.94. The Morgan fingerprint density at radius 3 is 2.83 bits per heavy atom. The van der Waals surface area contributed by atoms with Crippen LogP contribution in [-0.2, 0) is 21.2 Å². The highest BCUT2D eigenvalue weighted by atomic mass is 35.5.